The van der Waals surface area contributed by atoms with Gasteiger partial charge in [-0.1, -0.05) is 37.7 Å². The highest BCUT2D eigenvalue weighted by molar-refractivity contribution is 7.80. The maximum atomic E-state index is 12.1. The molecule has 0 atom stereocenters. The summed E-state index contributed by atoms with van der Waals surface area (Å²) in [6.45, 7) is 2.87. The van der Waals surface area contributed by atoms with E-state index in [9.17, 15) is 4.79 Å². The van der Waals surface area contributed by atoms with Gasteiger partial charge >= 0.3 is 0 Å². The van der Waals surface area contributed by atoms with Gasteiger partial charge in [-0.3, -0.25) is 4.79 Å². The number of rotatable bonds is 5. The van der Waals surface area contributed by atoms with E-state index in [1.807, 2.05) is 13.1 Å². The van der Waals surface area contributed by atoms with E-state index in [4.69, 9.17) is 18.0 Å². The molecule has 92 valence electrons. The number of nitrogens with two attached hydrogens (primary N) is 1. The van der Waals surface area contributed by atoms with Crippen molar-refractivity contribution in [1.82, 2.24) is 4.90 Å². The lowest BCUT2D eigenvalue weighted by atomic mass is 10.1. The van der Waals surface area contributed by atoms with Crippen LogP contribution in [0.2, 0.25) is 0 Å². The van der Waals surface area contributed by atoms with Gasteiger partial charge in [0.25, 0.3) is 5.91 Å². The number of thiocarbonyl (C=S) groups is 1. The van der Waals surface area contributed by atoms with Crippen molar-refractivity contribution in [2.75, 3.05) is 13.6 Å². The molecule has 0 radical (unpaired) electrons. The fraction of sp³-hybridized carbons (Fsp3) is 0.385. The molecule has 0 saturated carbocycles. The molecular weight excluding hydrogens is 232 g/mol. The molecular formula is C13H18N2OS. The normalized spacial score (nSPS) is 10.0. The highest BCUT2D eigenvalue weighted by atomic mass is 32.1. The van der Waals surface area contributed by atoms with Crippen molar-refractivity contribution in [3.8, 4) is 0 Å². The monoisotopic (exact) mass is 250 g/mol. The van der Waals surface area contributed by atoms with Crippen LogP contribution in [-0.2, 0) is 0 Å². The quantitative estimate of drug-likeness (QED) is 0.815. The highest BCUT2D eigenvalue weighted by Crippen LogP contribution is 2.08. The maximum Gasteiger partial charge on any atom is 0.253 e. The summed E-state index contributed by atoms with van der Waals surface area (Å²) >= 11 is 4.90. The Bertz CT molecular complexity index is 418. The Balaban J connectivity index is 2.81. The molecule has 17 heavy (non-hydrogen) atoms. The molecule has 0 unspecified atom stereocenters. The van der Waals surface area contributed by atoms with Gasteiger partial charge in [0.15, 0.2) is 0 Å². The molecule has 3 nitrogen and oxygen atoms in total. The van der Waals surface area contributed by atoms with Crippen LogP contribution in [0.3, 0.4) is 0 Å². The van der Waals surface area contributed by atoms with Crippen LogP contribution in [0.5, 0.6) is 0 Å². The van der Waals surface area contributed by atoms with Gasteiger partial charge in [-0.15, -0.1) is 0 Å². The third-order valence-electron chi connectivity index (χ3n) is 2.59. The average molecular weight is 250 g/mol. The molecule has 0 bridgehead atoms. The Kier molecular flexibility index (Phi) is 5.10. The Morgan fingerprint density at radius 1 is 1.41 bits per heavy atom. The standard InChI is InChI=1S/C13H18N2OS/c1-3-4-8-15(2)13(16)11-7-5-6-10(9-11)12(14)17/h5-7,9H,3-4,8H2,1-2H3,(H2,14,17). The van der Waals surface area contributed by atoms with Crippen LogP contribution >= 0.6 is 12.2 Å². The molecule has 1 aromatic carbocycles. The van der Waals surface area contributed by atoms with E-state index >= 15 is 0 Å². The first-order chi connectivity index (χ1) is 8.06. The molecule has 0 fully saturated rings. The largest absolute Gasteiger partial charge is 0.389 e. The molecule has 1 rings (SSSR count). The predicted octanol–water partition coefficient (Wildman–Crippen LogP) is 2.19. The highest BCUT2D eigenvalue weighted by Gasteiger charge is 2.11. The van der Waals surface area contributed by atoms with Crippen molar-refractivity contribution >= 4 is 23.1 Å². The molecule has 0 heterocycles. The zero-order valence-electron chi connectivity index (χ0n) is 10.3. The number of hydrogen-bond acceptors (Lipinski definition) is 2. The van der Waals surface area contributed by atoms with E-state index in [0.29, 0.717) is 10.6 Å². The lowest BCUT2D eigenvalue weighted by Gasteiger charge is -2.17. The third-order valence-corrected chi connectivity index (χ3v) is 2.82. The summed E-state index contributed by atoms with van der Waals surface area (Å²) in [4.78, 5) is 14.1. The van der Waals surface area contributed by atoms with Crippen LogP contribution in [0.25, 0.3) is 0 Å². The second kappa shape index (κ2) is 6.35. The number of benzene rings is 1. The SMILES string of the molecule is CCCCN(C)C(=O)c1cccc(C(N)=S)c1. The molecule has 1 amide bonds. The number of carbonyl (C=O) groups is 1. The Hall–Kier alpha value is -1.42. The smallest absolute Gasteiger partial charge is 0.253 e. The summed E-state index contributed by atoms with van der Waals surface area (Å²) in [6.07, 6.45) is 2.09. The van der Waals surface area contributed by atoms with Gasteiger partial charge in [-0.25, -0.2) is 0 Å². The first-order valence-electron chi connectivity index (χ1n) is 5.71. The fourth-order valence-corrected chi connectivity index (χ4v) is 1.65. The third kappa shape index (κ3) is 3.82. The summed E-state index contributed by atoms with van der Waals surface area (Å²) in [6, 6.07) is 7.14. The van der Waals surface area contributed by atoms with Crippen LogP contribution in [0.15, 0.2) is 24.3 Å². The molecule has 0 aliphatic carbocycles. The van der Waals surface area contributed by atoms with E-state index in [-0.39, 0.29) is 5.91 Å². The van der Waals surface area contributed by atoms with Crippen LogP contribution < -0.4 is 5.73 Å². The molecule has 0 saturated heterocycles. The van der Waals surface area contributed by atoms with E-state index in [1.54, 1.807) is 23.1 Å². The molecule has 2 N–H and O–H groups in total. The number of carbonyl (C=O) groups excluding carboxylic acids is 1. The summed E-state index contributed by atoms with van der Waals surface area (Å²) in [7, 11) is 1.81. The van der Waals surface area contributed by atoms with Gasteiger partial charge in [0.2, 0.25) is 0 Å². The maximum absolute atomic E-state index is 12.1. The second-order valence-electron chi connectivity index (χ2n) is 4.03. The average Bonchev–Trinajstić information content (AvgIpc) is 2.35. The predicted molar refractivity (Wildman–Crippen MR) is 74.2 cm³/mol. The minimum absolute atomic E-state index is 0.0107. The summed E-state index contributed by atoms with van der Waals surface area (Å²) in [5.74, 6) is 0.0107. The number of hydrogen-bond donors (Lipinski definition) is 1. The van der Waals surface area contributed by atoms with Crippen LogP contribution in [-0.4, -0.2) is 29.4 Å². The van der Waals surface area contributed by atoms with Gasteiger partial charge in [0.1, 0.15) is 4.99 Å². The molecule has 0 aromatic heterocycles. The fourth-order valence-electron chi connectivity index (χ4n) is 1.52. The molecule has 0 spiro atoms. The van der Waals surface area contributed by atoms with Crippen molar-refractivity contribution in [1.29, 1.82) is 0 Å². The molecule has 0 aliphatic heterocycles. The van der Waals surface area contributed by atoms with Crippen LogP contribution in [0.4, 0.5) is 0 Å². The summed E-state index contributed by atoms with van der Waals surface area (Å²) in [5, 5.41) is 0. The minimum Gasteiger partial charge on any atom is -0.389 e. The number of unbranched alkanes of at least 4 members (excludes halogenated alkanes) is 1. The molecule has 1 aromatic rings. The van der Waals surface area contributed by atoms with Crippen LogP contribution in [0.1, 0.15) is 35.7 Å². The van der Waals surface area contributed by atoms with E-state index in [0.717, 1.165) is 24.9 Å². The minimum atomic E-state index is 0.0107. The number of amides is 1. The first-order valence-corrected chi connectivity index (χ1v) is 6.12. The Labute approximate surface area is 108 Å². The van der Waals surface area contributed by atoms with Crippen molar-refractivity contribution in [3.63, 3.8) is 0 Å². The topological polar surface area (TPSA) is 46.3 Å². The van der Waals surface area contributed by atoms with Crippen molar-refractivity contribution in [2.24, 2.45) is 5.73 Å². The molecule has 0 aliphatic rings. The van der Waals surface area contributed by atoms with Crippen molar-refractivity contribution in [3.05, 3.63) is 35.4 Å². The van der Waals surface area contributed by atoms with Gasteiger partial charge < -0.3 is 10.6 Å². The molecule has 4 heteroatoms. The van der Waals surface area contributed by atoms with Crippen molar-refractivity contribution < 1.29 is 4.79 Å². The zero-order valence-corrected chi connectivity index (χ0v) is 11.1. The zero-order chi connectivity index (χ0) is 12.8. The van der Waals surface area contributed by atoms with Gasteiger partial charge in [0, 0.05) is 24.7 Å². The lowest BCUT2D eigenvalue weighted by Crippen LogP contribution is -2.27. The Morgan fingerprint density at radius 2 is 2.06 bits per heavy atom. The lowest BCUT2D eigenvalue weighted by molar-refractivity contribution is 0.0793. The van der Waals surface area contributed by atoms with Gasteiger partial charge in [0.05, 0.1) is 0 Å². The first kappa shape index (κ1) is 13.6. The number of nitrogens with zero attached hydrogens (tertiary/aromatic N) is 1. The Morgan fingerprint density at radius 3 is 2.65 bits per heavy atom. The summed E-state index contributed by atoms with van der Waals surface area (Å²) < 4.78 is 0. The second-order valence-corrected chi connectivity index (χ2v) is 4.47. The van der Waals surface area contributed by atoms with E-state index < -0.39 is 0 Å². The van der Waals surface area contributed by atoms with E-state index in [2.05, 4.69) is 6.92 Å². The van der Waals surface area contributed by atoms with Crippen molar-refractivity contribution in [2.45, 2.75) is 19.8 Å². The van der Waals surface area contributed by atoms with Gasteiger partial charge in [-0.2, -0.15) is 0 Å². The van der Waals surface area contributed by atoms with E-state index in [1.165, 1.54) is 0 Å². The summed E-state index contributed by atoms with van der Waals surface area (Å²) in [5.41, 5.74) is 6.91. The van der Waals surface area contributed by atoms with Crippen LogP contribution in [0, 0.1) is 0 Å². The van der Waals surface area contributed by atoms with Gasteiger partial charge in [-0.05, 0) is 18.6 Å².